The maximum atomic E-state index is 12.0. The van der Waals surface area contributed by atoms with Crippen molar-refractivity contribution >= 4 is 0 Å². The van der Waals surface area contributed by atoms with Crippen molar-refractivity contribution in [2.45, 2.75) is 51.9 Å². The van der Waals surface area contributed by atoms with E-state index in [0.29, 0.717) is 6.54 Å². The van der Waals surface area contributed by atoms with Crippen molar-refractivity contribution in [3.63, 3.8) is 0 Å². The molecule has 0 amide bonds. The number of rotatable bonds is 5. The number of aliphatic hydroxyl groups is 1. The Morgan fingerprint density at radius 2 is 2.12 bits per heavy atom. The fraction of sp³-hybridized carbons (Fsp3) is 0.727. The van der Waals surface area contributed by atoms with Crippen LogP contribution in [0, 0.1) is 6.92 Å². The van der Waals surface area contributed by atoms with Crippen LogP contribution in [0.3, 0.4) is 0 Å². The molecule has 3 nitrogen and oxygen atoms in total. The van der Waals surface area contributed by atoms with Crippen molar-refractivity contribution in [1.29, 1.82) is 0 Å². The Morgan fingerprint density at radius 1 is 1.47 bits per heavy atom. The maximum absolute atomic E-state index is 12.0. The molecule has 1 atom stereocenters. The third kappa shape index (κ3) is 4.77. The standard InChI is InChI=1S/C11H17F3N2O/c1-3-16-9(6-8(2)15-16)7-10(17)4-5-11(12,13)14/h6,10,17H,3-5,7H2,1-2H3. The summed E-state index contributed by atoms with van der Waals surface area (Å²) in [6, 6.07) is 1.79. The van der Waals surface area contributed by atoms with Gasteiger partial charge < -0.3 is 5.11 Å². The first-order chi connectivity index (χ1) is 7.81. The van der Waals surface area contributed by atoms with Crippen molar-refractivity contribution < 1.29 is 18.3 Å². The molecule has 6 heteroatoms. The zero-order valence-corrected chi connectivity index (χ0v) is 9.96. The number of aromatic nitrogens is 2. The van der Waals surface area contributed by atoms with Gasteiger partial charge in [0.25, 0.3) is 0 Å². The third-order valence-corrected chi connectivity index (χ3v) is 2.49. The topological polar surface area (TPSA) is 38.0 Å². The van der Waals surface area contributed by atoms with Crippen LogP contribution < -0.4 is 0 Å². The molecular weight excluding hydrogens is 233 g/mol. The van der Waals surface area contributed by atoms with Gasteiger partial charge in [-0.2, -0.15) is 18.3 Å². The van der Waals surface area contributed by atoms with E-state index in [1.54, 1.807) is 10.7 Å². The molecule has 0 aliphatic rings. The number of alkyl halides is 3. The monoisotopic (exact) mass is 250 g/mol. The predicted molar refractivity (Wildman–Crippen MR) is 57.6 cm³/mol. The van der Waals surface area contributed by atoms with E-state index >= 15 is 0 Å². The molecule has 1 unspecified atom stereocenters. The van der Waals surface area contributed by atoms with Gasteiger partial charge in [0.05, 0.1) is 11.8 Å². The lowest BCUT2D eigenvalue weighted by molar-refractivity contribution is -0.139. The first kappa shape index (κ1) is 14.0. The van der Waals surface area contributed by atoms with E-state index < -0.39 is 18.7 Å². The van der Waals surface area contributed by atoms with E-state index in [-0.39, 0.29) is 12.8 Å². The highest BCUT2D eigenvalue weighted by atomic mass is 19.4. The molecule has 1 rings (SSSR count). The predicted octanol–water partition coefficient (Wildman–Crippen LogP) is 2.46. The van der Waals surface area contributed by atoms with Gasteiger partial charge in [0.2, 0.25) is 0 Å². The van der Waals surface area contributed by atoms with Crippen molar-refractivity contribution in [3.05, 3.63) is 17.5 Å². The largest absolute Gasteiger partial charge is 0.393 e. The van der Waals surface area contributed by atoms with Crippen LogP contribution in [0.2, 0.25) is 0 Å². The lowest BCUT2D eigenvalue weighted by atomic mass is 10.1. The third-order valence-electron chi connectivity index (χ3n) is 2.49. The highest BCUT2D eigenvalue weighted by molar-refractivity contribution is 5.09. The highest BCUT2D eigenvalue weighted by Gasteiger charge is 2.28. The molecule has 17 heavy (non-hydrogen) atoms. The summed E-state index contributed by atoms with van der Waals surface area (Å²) in [5, 5.41) is 13.7. The quantitative estimate of drug-likeness (QED) is 0.871. The molecule has 0 radical (unpaired) electrons. The van der Waals surface area contributed by atoms with Crippen LogP contribution in [0.1, 0.15) is 31.2 Å². The van der Waals surface area contributed by atoms with Crippen LogP contribution in [0.15, 0.2) is 6.07 Å². The van der Waals surface area contributed by atoms with Gasteiger partial charge in [0.15, 0.2) is 0 Å². The van der Waals surface area contributed by atoms with Crippen molar-refractivity contribution in [2.24, 2.45) is 0 Å². The van der Waals surface area contributed by atoms with Gasteiger partial charge in [-0.1, -0.05) is 0 Å². The van der Waals surface area contributed by atoms with Gasteiger partial charge in [-0.25, -0.2) is 0 Å². The summed E-state index contributed by atoms with van der Waals surface area (Å²) in [6.45, 7) is 4.37. The molecule has 1 N–H and O–H groups in total. The van der Waals surface area contributed by atoms with Crippen LogP contribution in [0.25, 0.3) is 0 Å². The lowest BCUT2D eigenvalue weighted by Gasteiger charge is -2.12. The molecule has 98 valence electrons. The second-order valence-corrected chi connectivity index (χ2v) is 4.10. The first-order valence-electron chi connectivity index (χ1n) is 5.60. The Morgan fingerprint density at radius 3 is 2.65 bits per heavy atom. The molecule has 1 heterocycles. The van der Waals surface area contributed by atoms with E-state index in [9.17, 15) is 18.3 Å². The lowest BCUT2D eigenvalue weighted by Crippen LogP contribution is -2.18. The van der Waals surface area contributed by atoms with Crippen molar-refractivity contribution in [1.82, 2.24) is 9.78 Å². The number of nitrogens with zero attached hydrogens (tertiary/aromatic N) is 2. The van der Waals surface area contributed by atoms with Crippen LogP contribution in [0.4, 0.5) is 13.2 Å². The molecule has 0 aliphatic heterocycles. The molecule has 0 spiro atoms. The Balaban J connectivity index is 2.52. The summed E-state index contributed by atoms with van der Waals surface area (Å²) in [6.07, 6.45) is -6.18. The average Bonchev–Trinajstić information content (AvgIpc) is 2.55. The molecule has 0 bridgehead atoms. The number of aryl methyl sites for hydroxylation is 2. The van der Waals surface area contributed by atoms with E-state index in [1.165, 1.54) is 0 Å². The fourth-order valence-corrected chi connectivity index (χ4v) is 1.71. The van der Waals surface area contributed by atoms with Crippen LogP contribution in [-0.2, 0) is 13.0 Å². The first-order valence-corrected chi connectivity index (χ1v) is 5.60. The molecule has 0 saturated carbocycles. The van der Waals surface area contributed by atoms with Crippen molar-refractivity contribution in [2.75, 3.05) is 0 Å². The Hall–Kier alpha value is -1.04. The minimum atomic E-state index is -4.21. The summed E-state index contributed by atoms with van der Waals surface area (Å²) in [7, 11) is 0. The zero-order chi connectivity index (χ0) is 13.1. The summed E-state index contributed by atoms with van der Waals surface area (Å²) < 4.78 is 37.6. The summed E-state index contributed by atoms with van der Waals surface area (Å²) in [4.78, 5) is 0. The van der Waals surface area contributed by atoms with Gasteiger partial charge in [-0.15, -0.1) is 0 Å². The normalized spacial score (nSPS) is 14.0. The van der Waals surface area contributed by atoms with Crippen LogP contribution in [-0.4, -0.2) is 27.2 Å². The Kier molecular flexibility index (Phi) is 4.56. The Labute approximate surface area is 98.2 Å². The average molecular weight is 250 g/mol. The van der Waals surface area contributed by atoms with Gasteiger partial charge >= 0.3 is 6.18 Å². The SMILES string of the molecule is CCn1nc(C)cc1CC(O)CCC(F)(F)F. The maximum Gasteiger partial charge on any atom is 0.389 e. The van der Waals surface area contributed by atoms with E-state index in [4.69, 9.17) is 0 Å². The highest BCUT2D eigenvalue weighted by Crippen LogP contribution is 2.23. The van der Waals surface area contributed by atoms with E-state index in [2.05, 4.69) is 5.10 Å². The number of hydrogen-bond acceptors (Lipinski definition) is 2. The van der Waals surface area contributed by atoms with E-state index in [0.717, 1.165) is 11.4 Å². The molecular formula is C11H17F3N2O. The number of aliphatic hydroxyl groups excluding tert-OH is 1. The summed E-state index contributed by atoms with van der Waals surface area (Å²) >= 11 is 0. The smallest absolute Gasteiger partial charge is 0.389 e. The molecule has 0 fully saturated rings. The molecule has 1 aromatic rings. The summed E-state index contributed by atoms with van der Waals surface area (Å²) in [5.74, 6) is 0. The van der Waals surface area contributed by atoms with Gasteiger partial charge in [0.1, 0.15) is 0 Å². The molecule has 1 aromatic heterocycles. The minimum Gasteiger partial charge on any atom is -0.393 e. The second-order valence-electron chi connectivity index (χ2n) is 4.10. The van der Waals surface area contributed by atoms with Crippen LogP contribution >= 0.6 is 0 Å². The van der Waals surface area contributed by atoms with Gasteiger partial charge in [0, 0.05) is 25.1 Å². The molecule has 0 aliphatic carbocycles. The van der Waals surface area contributed by atoms with Gasteiger partial charge in [-0.05, 0) is 26.3 Å². The minimum absolute atomic E-state index is 0.213. The van der Waals surface area contributed by atoms with E-state index in [1.807, 2.05) is 13.8 Å². The molecule has 0 aromatic carbocycles. The van der Waals surface area contributed by atoms with Gasteiger partial charge in [-0.3, -0.25) is 4.68 Å². The summed E-state index contributed by atoms with van der Waals surface area (Å²) in [5.41, 5.74) is 1.59. The number of halogens is 3. The van der Waals surface area contributed by atoms with Crippen molar-refractivity contribution in [3.8, 4) is 0 Å². The second kappa shape index (κ2) is 5.53. The van der Waals surface area contributed by atoms with Crippen LogP contribution in [0.5, 0.6) is 0 Å². The Bertz CT molecular complexity index is 360. The zero-order valence-electron chi connectivity index (χ0n) is 9.96. The number of hydrogen-bond donors (Lipinski definition) is 1. The molecule has 0 saturated heterocycles. The fourth-order valence-electron chi connectivity index (χ4n) is 1.71.